The summed E-state index contributed by atoms with van der Waals surface area (Å²) in [5.74, 6) is 0.605. The first-order valence-corrected chi connectivity index (χ1v) is 10.4. The molecule has 0 bridgehead atoms. The molecule has 1 unspecified atom stereocenters. The van der Waals surface area contributed by atoms with Crippen molar-refractivity contribution < 1.29 is 4.79 Å². The van der Waals surface area contributed by atoms with Gasteiger partial charge in [0, 0.05) is 30.4 Å². The first-order valence-electron chi connectivity index (χ1n) is 10.4. The van der Waals surface area contributed by atoms with E-state index in [9.17, 15) is 4.79 Å². The lowest BCUT2D eigenvalue weighted by atomic mass is 9.94. The molecule has 1 saturated heterocycles. The highest BCUT2D eigenvalue weighted by Crippen LogP contribution is 2.35. The van der Waals surface area contributed by atoms with E-state index >= 15 is 0 Å². The molecule has 0 amide bonds. The molecule has 4 heteroatoms. The van der Waals surface area contributed by atoms with Crippen LogP contribution in [-0.2, 0) is 17.6 Å². The summed E-state index contributed by atoms with van der Waals surface area (Å²) in [5.41, 5.74) is 5.62. The van der Waals surface area contributed by atoms with Crippen molar-refractivity contribution in [2.24, 2.45) is 5.92 Å². The van der Waals surface area contributed by atoms with Gasteiger partial charge in [0.1, 0.15) is 5.78 Å². The zero-order valence-electron chi connectivity index (χ0n) is 16.8. The molecule has 28 heavy (non-hydrogen) atoms. The van der Waals surface area contributed by atoms with Gasteiger partial charge in [0.05, 0.1) is 0 Å². The monoisotopic (exact) mass is 398 g/mol. The van der Waals surface area contributed by atoms with Gasteiger partial charge in [0.2, 0.25) is 0 Å². The summed E-state index contributed by atoms with van der Waals surface area (Å²) in [5, 5.41) is 0. The molecule has 0 N–H and O–H groups in total. The number of hydrogen-bond donors (Lipinski definition) is 0. The van der Waals surface area contributed by atoms with E-state index in [-0.39, 0.29) is 18.3 Å². The van der Waals surface area contributed by atoms with Crippen LogP contribution in [0.1, 0.15) is 37.3 Å². The summed E-state index contributed by atoms with van der Waals surface area (Å²) in [6.45, 7) is 5.93. The van der Waals surface area contributed by atoms with E-state index in [1.54, 1.807) is 6.92 Å². The number of carbonyl (C=O) groups is 1. The van der Waals surface area contributed by atoms with Crippen LogP contribution in [0.4, 0.5) is 11.4 Å². The second-order valence-electron chi connectivity index (χ2n) is 8.01. The third-order valence-corrected chi connectivity index (χ3v) is 6.16. The number of rotatable bonds is 5. The van der Waals surface area contributed by atoms with Crippen molar-refractivity contribution >= 4 is 29.6 Å². The number of nitrogens with zero attached hydrogens (tertiary/aromatic N) is 2. The summed E-state index contributed by atoms with van der Waals surface area (Å²) < 4.78 is 0. The van der Waals surface area contributed by atoms with Crippen LogP contribution in [0, 0.1) is 5.92 Å². The molecular formula is C24H31ClN2O. The molecule has 0 aliphatic carbocycles. The predicted molar refractivity (Wildman–Crippen MR) is 119 cm³/mol. The SMILES string of the molecule is CC(=O)C1CCCN(CCCN2c3ccccc3CCc3ccccc32)C1.Cl. The lowest BCUT2D eigenvalue weighted by Gasteiger charge is -2.33. The molecule has 2 aliphatic heterocycles. The van der Waals surface area contributed by atoms with Crippen molar-refractivity contribution in [3.63, 3.8) is 0 Å². The average molecular weight is 399 g/mol. The van der Waals surface area contributed by atoms with Gasteiger partial charge in [-0.05, 0) is 75.4 Å². The maximum Gasteiger partial charge on any atom is 0.134 e. The smallest absolute Gasteiger partial charge is 0.134 e. The molecule has 0 radical (unpaired) electrons. The Hall–Kier alpha value is -1.84. The van der Waals surface area contributed by atoms with Gasteiger partial charge < -0.3 is 9.80 Å². The van der Waals surface area contributed by atoms with Gasteiger partial charge in [0.15, 0.2) is 0 Å². The Labute approximate surface area is 175 Å². The number of para-hydroxylation sites is 2. The molecule has 4 rings (SSSR count). The van der Waals surface area contributed by atoms with Gasteiger partial charge in [0.25, 0.3) is 0 Å². The van der Waals surface area contributed by atoms with Crippen LogP contribution >= 0.6 is 12.4 Å². The van der Waals surface area contributed by atoms with E-state index in [2.05, 4.69) is 58.3 Å². The largest absolute Gasteiger partial charge is 0.341 e. The van der Waals surface area contributed by atoms with Gasteiger partial charge in [-0.1, -0.05) is 36.4 Å². The number of fused-ring (bicyclic) bond motifs is 2. The molecule has 0 aromatic heterocycles. The van der Waals surface area contributed by atoms with Crippen LogP contribution in [0.5, 0.6) is 0 Å². The number of ketones is 1. The highest BCUT2D eigenvalue weighted by Gasteiger charge is 2.24. The first-order chi connectivity index (χ1) is 13.2. The van der Waals surface area contributed by atoms with Gasteiger partial charge in [-0.2, -0.15) is 0 Å². The van der Waals surface area contributed by atoms with Crippen LogP contribution in [-0.4, -0.2) is 36.9 Å². The van der Waals surface area contributed by atoms with Gasteiger partial charge >= 0.3 is 0 Å². The lowest BCUT2D eigenvalue weighted by molar-refractivity contribution is -0.122. The third-order valence-electron chi connectivity index (χ3n) is 6.16. The molecule has 3 nitrogen and oxygen atoms in total. The van der Waals surface area contributed by atoms with Crippen LogP contribution in [0.2, 0.25) is 0 Å². The molecule has 1 fully saturated rings. The average Bonchev–Trinajstić information content (AvgIpc) is 2.86. The van der Waals surface area contributed by atoms with Crippen molar-refractivity contribution in [2.45, 2.75) is 39.0 Å². The van der Waals surface area contributed by atoms with E-state index in [1.165, 1.54) is 22.5 Å². The highest BCUT2D eigenvalue weighted by atomic mass is 35.5. The highest BCUT2D eigenvalue weighted by molar-refractivity contribution is 5.85. The van der Waals surface area contributed by atoms with Crippen LogP contribution in [0.3, 0.4) is 0 Å². The minimum Gasteiger partial charge on any atom is -0.341 e. The number of Topliss-reactive ketones (excluding diaryl/α,β-unsaturated/α-hetero) is 1. The topological polar surface area (TPSA) is 23.6 Å². The van der Waals surface area contributed by atoms with E-state index < -0.39 is 0 Å². The minimum absolute atomic E-state index is 0. The van der Waals surface area contributed by atoms with Gasteiger partial charge in [-0.15, -0.1) is 12.4 Å². The standard InChI is InChI=1S/C24H30N2O.ClH/c1-19(27)22-10-6-15-25(18-22)16-7-17-26-23-11-4-2-8-20(23)13-14-21-9-3-5-12-24(21)26;/h2-5,8-9,11-12,22H,6-7,10,13-18H2,1H3;1H. The Bertz CT molecular complexity index is 759. The summed E-state index contributed by atoms with van der Waals surface area (Å²) >= 11 is 0. The number of carbonyl (C=O) groups excluding carboxylic acids is 1. The maximum absolute atomic E-state index is 11.7. The van der Waals surface area contributed by atoms with Crippen LogP contribution in [0.15, 0.2) is 48.5 Å². The summed E-state index contributed by atoms with van der Waals surface area (Å²) in [7, 11) is 0. The second kappa shape index (κ2) is 9.58. The van der Waals surface area contributed by atoms with Crippen molar-refractivity contribution in [3.05, 3.63) is 59.7 Å². The summed E-state index contributed by atoms with van der Waals surface area (Å²) in [6.07, 6.45) is 5.55. The number of hydrogen-bond acceptors (Lipinski definition) is 3. The Kier molecular flexibility index (Phi) is 7.14. The zero-order valence-corrected chi connectivity index (χ0v) is 17.6. The fourth-order valence-corrected chi connectivity index (χ4v) is 4.65. The van der Waals surface area contributed by atoms with Crippen LogP contribution < -0.4 is 4.90 Å². The molecule has 2 aliphatic rings. The lowest BCUT2D eigenvalue weighted by Crippen LogP contribution is -2.39. The minimum atomic E-state index is 0. The van der Waals surface area contributed by atoms with Crippen LogP contribution in [0.25, 0.3) is 0 Å². The van der Waals surface area contributed by atoms with Gasteiger partial charge in [-0.3, -0.25) is 4.79 Å². The molecule has 1 atom stereocenters. The molecule has 0 saturated carbocycles. The maximum atomic E-state index is 11.7. The molecular weight excluding hydrogens is 368 g/mol. The molecule has 2 aromatic carbocycles. The second-order valence-corrected chi connectivity index (χ2v) is 8.01. The van der Waals surface area contributed by atoms with Crippen molar-refractivity contribution in [1.29, 1.82) is 0 Å². The Balaban J connectivity index is 0.00000225. The molecule has 2 heterocycles. The number of anilines is 2. The van der Waals surface area contributed by atoms with E-state index in [0.717, 1.165) is 58.3 Å². The fraction of sp³-hybridized carbons (Fsp3) is 0.458. The zero-order chi connectivity index (χ0) is 18.6. The molecule has 2 aromatic rings. The van der Waals surface area contributed by atoms with E-state index in [0.29, 0.717) is 5.78 Å². The van der Waals surface area contributed by atoms with Crippen molar-refractivity contribution in [2.75, 3.05) is 31.1 Å². The molecule has 0 spiro atoms. The normalized spacial score (nSPS) is 19.2. The predicted octanol–water partition coefficient (Wildman–Crippen LogP) is 5.04. The van der Waals surface area contributed by atoms with Crippen molar-refractivity contribution in [1.82, 2.24) is 4.90 Å². The third kappa shape index (κ3) is 4.59. The number of benzene rings is 2. The fourth-order valence-electron chi connectivity index (χ4n) is 4.65. The Morgan fingerprint density at radius 2 is 1.57 bits per heavy atom. The summed E-state index contributed by atoms with van der Waals surface area (Å²) in [6, 6.07) is 17.7. The number of piperidine rings is 1. The number of halogens is 1. The van der Waals surface area contributed by atoms with E-state index in [4.69, 9.17) is 0 Å². The quantitative estimate of drug-likeness (QED) is 0.705. The number of aryl methyl sites for hydroxylation is 2. The molecule has 150 valence electrons. The number of likely N-dealkylation sites (tertiary alicyclic amines) is 1. The Morgan fingerprint density at radius 1 is 0.964 bits per heavy atom. The van der Waals surface area contributed by atoms with Gasteiger partial charge in [-0.25, -0.2) is 0 Å². The first kappa shape index (κ1) is 20.9. The Morgan fingerprint density at radius 3 is 2.18 bits per heavy atom. The van der Waals surface area contributed by atoms with Crippen molar-refractivity contribution in [3.8, 4) is 0 Å². The van der Waals surface area contributed by atoms with E-state index in [1.807, 2.05) is 0 Å². The summed E-state index contributed by atoms with van der Waals surface area (Å²) in [4.78, 5) is 16.8.